The Balaban J connectivity index is 2.09. The predicted molar refractivity (Wildman–Crippen MR) is 93.3 cm³/mol. The number of primary amides is 1. The Kier molecular flexibility index (Phi) is 4.25. The van der Waals surface area contributed by atoms with Gasteiger partial charge in [-0.15, -0.1) is 0 Å². The quantitative estimate of drug-likeness (QED) is 0.296. The highest BCUT2D eigenvalue weighted by atomic mass is 19.2. The summed E-state index contributed by atoms with van der Waals surface area (Å²) in [5.74, 6) is -11.9. The van der Waals surface area contributed by atoms with Crippen LogP contribution in [-0.4, -0.2) is 10.5 Å². The third-order valence-electron chi connectivity index (χ3n) is 4.74. The van der Waals surface area contributed by atoms with E-state index in [-0.39, 0.29) is 22.0 Å². The number of rotatable bonds is 3. The highest BCUT2D eigenvalue weighted by molar-refractivity contribution is 6.17. The van der Waals surface area contributed by atoms with Crippen LogP contribution in [0.3, 0.4) is 0 Å². The molecule has 148 valence electrons. The van der Waals surface area contributed by atoms with Crippen molar-refractivity contribution in [2.75, 3.05) is 0 Å². The number of nitrogens with two attached hydrogens (primary N) is 1. The average molecular weight is 408 g/mol. The normalized spacial score (nSPS) is 11.5. The molecular weight excluding hydrogens is 398 g/mol. The minimum atomic E-state index is -2.27. The fraction of sp³-hybridized carbons (Fsp3) is 0.0500. The monoisotopic (exact) mass is 408 g/mol. The van der Waals surface area contributed by atoms with Crippen LogP contribution in [0, 0.1) is 34.9 Å². The summed E-state index contributed by atoms with van der Waals surface area (Å²) in [6.45, 7) is -0.794. The van der Waals surface area contributed by atoms with Crippen LogP contribution in [0.15, 0.2) is 36.4 Å². The third kappa shape index (κ3) is 2.72. The zero-order valence-corrected chi connectivity index (χ0v) is 14.4. The molecule has 0 bridgehead atoms. The van der Waals surface area contributed by atoms with Gasteiger partial charge in [0.05, 0.1) is 17.6 Å². The molecule has 0 atom stereocenters. The molecule has 1 heterocycles. The van der Waals surface area contributed by atoms with Gasteiger partial charge in [-0.2, -0.15) is 0 Å². The first kappa shape index (κ1) is 18.9. The van der Waals surface area contributed by atoms with E-state index in [9.17, 15) is 31.1 Å². The summed E-state index contributed by atoms with van der Waals surface area (Å²) in [6.07, 6.45) is 0. The van der Waals surface area contributed by atoms with Gasteiger partial charge in [0.25, 0.3) is 0 Å². The smallest absolute Gasteiger partial charge is 0.249 e. The molecule has 0 saturated heterocycles. The van der Waals surface area contributed by atoms with Gasteiger partial charge in [-0.3, -0.25) is 4.79 Å². The Labute approximate surface area is 158 Å². The van der Waals surface area contributed by atoms with Gasteiger partial charge < -0.3 is 10.3 Å². The SMILES string of the molecule is NC(=O)c1cccc2c1c1ccc(F)cc1n2Cc1c(F)c(F)c(F)c(F)c1F. The van der Waals surface area contributed by atoms with Crippen molar-refractivity contribution in [2.45, 2.75) is 6.54 Å². The van der Waals surface area contributed by atoms with Crippen LogP contribution < -0.4 is 5.73 Å². The van der Waals surface area contributed by atoms with Gasteiger partial charge in [0.2, 0.25) is 11.7 Å². The van der Waals surface area contributed by atoms with E-state index in [4.69, 9.17) is 5.73 Å². The van der Waals surface area contributed by atoms with Crippen molar-refractivity contribution in [3.8, 4) is 0 Å². The van der Waals surface area contributed by atoms with E-state index in [2.05, 4.69) is 0 Å². The van der Waals surface area contributed by atoms with Crippen molar-refractivity contribution in [3.63, 3.8) is 0 Å². The van der Waals surface area contributed by atoms with Gasteiger partial charge in [0.1, 0.15) is 5.82 Å². The lowest BCUT2D eigenvalue weighted by atomic mass is 10.1. The van der Waals surface area contributed by atoms with Crippen LogP contribution in [-0.2, 0) is 6.54 Å². The lowest BCUT2D eigenvalue weighted by Gasteiger charge is -2.12. The van der Waals surface area contributed by atoms with E-state index in [1.165, 1.54) is 28.8 Å². The summed E-state index contributed by atoms with van der Waals surface area (Å²) in [5.41, 5.74) is 4.67. The fourth-order valence-corrected chi connectivity index (χ4v) is 3.44. The number of hydrogen-bond donors (Lipinski definition) is 1. The highest BCUT2D eigenvalue weighted by Gasteiger charge is 2.27. The number of hydrogen-bond acceptors (Lipinski definition) is 1. The van der Waals surface area contributed by atoms with Gasteiger partial charge in [0.15, 0.2) is 23.3 Å². The molecule has 3 nitrogen and oxygen atoms in total. The molecular formula is C20H10F6N2O. The Morgan fingerprint density at radius 1 is 0.828 bits per heavy atom. The molecule has 9 heteroatoms. The first-order chi connectivity index (χ1) is 13.7. The number of benzene rings is 3. The molecule has 0 unspecified atom stereocenters. The van der Waals surface area contributed by atoms with Crippen LogP contribution in [0.4, 0.5) is 26.3 Å². The number of fused-ring (bicyclic) bond motifs is 3. The molecule has 1 amide bonds. The van der Waals surface area contributed by atoms with Crippen molar-refractivity contribution in [2.24, 2.45) is 5.73 Å². The summed E-state index contributed by atoms with van der Waals surface area (Å²) in [4.78, 5) is 11.8. The molecule has 2 N–H and O–H groups in total. The number of amides is 1. The summed E-state index contributed by atoms with van der Waals surface area (Å²) in [5, 5.41) is 0.610. The molecule has 0 radical (unpaired) electrons. The Morgan fingerprint density at radius 3 is 2.07 bits per heavy atom. The molecule has 1 aromatic heterocycles. The molecule has 0 aliphatic heterocycles. The van der Waals surface area contributed by atoms with Crippen molar-refractivity contribution in [1.29, 1.82) is 0 Å². The lowest BCUT2D eigenvalue weighted by molar-refractivity contribution is 0.100. The summed E-state index contributed by atoms with van der Waals surface area (Å²) in [6, 6.07) is 7.80. The molecule has 0 spiro atoms. The van der Waals surface area contributed by atoms with E-state index in [0.717, 1.165) is 12.1 Å². The van der Waals surface area contributed by atoms with Crippen LogP contribution in [0.5, 0.6) is 0 Å². The van der Waals surface area contributed by atoms with E-state index < -0.39 is 52.9 Å². The van der Waals surface area contributed by atoms with Gasteiger partial charge in [-0.1, -0.05) is 6.07 Å². The topological polar surface area (TPSA) is 48.0 Å². The zero-order valence-electron chi connectivity index (χ0n) is 14.4. The Hall–Kier alpha value is -3.49. The molecule has 0 fully saturated rings. The Bertz CT molecular complexity index is 1300. The number of carbonyl (C=O) groups is 1. The fourth-order valence-electron chi connectivity index (χ4n) is 3.44. The lowest BCUT2D eigenvalue weighted by Crippen LogP contribution is -2.12. The first-order valence-corrected chi connectivity index (χ1v) is 8.23. The maximum atomic E-state index is 14.2. The number of nitrogens with zero attached hydrogens (tertiary/aromatic N) is 1. The van der Waals surface area contributed by atoms with E-state index in [1.807, 2.05) is 0 Å². The second-order valence-electron chi connectivity index (χ2n) is 6.36. The second-order valence-corrected chi connectivity index (χ2v) is 6.36. The van der Waals surface area contributed by atoms with Gasteiger partial charge >= 0.3 is 0 Å². The van der Waals surface area contributed by atoms with Crippen molar-refractivity contribution >= 4 is 27.7 Å². The van der Waals surface area contributed by atoms with Gasteiger partial charge in [0, 0.05) is 21.9 Å². The molecule has 29 heavy (non-hydrogen) atoms. The van der Waals surface area contributed by atoms with Gasteiger partial charge in [-0.25, -0.2) is 26.3 Å². The minimum Gasteiger partial charge on any atom is -0.366 e. The second kappa shape index (κ2) is 6.54. The summed E-state index contributed by atoms with van der Waals surface area (Å²) < 4.78 is 84.0. The van der Waals surface area contributed by atoms with E-state index in [0.29, 0.717) is 5.39 Å². The molecule has 4 rings (SSSR count). The average Bonchev–Trinajstić information content (AvgIpc) is 3.00. The highest BCUT2D eigenvalue weighted by Crippen LogP contribution is 2.34. The maximum absolute atomic E-state index is 14.2. The zero-order chi connectivity index (χ0) is 21.0. The number of carbonyl (C=O) groups excluding carboxylic acids is 1. The minimum absolute atomic E-state index is 0.0651. The van der Waals surface area contributed by atoms with Gasteiger partial charge in [-0.05, 0) is 30.3 Å². The third-order valence-corrected chi connectivity index (χ3v) is 4.74. The van der Waals surface area contributed by atoms with E-state index in [1.54, 1.807) is 0 Å². The first-order valence-electron chi connectivity index (χ1n) is 8.23. The van der Waals surface area contributed by atoms with Crippen LogP contribution in [0.25, 0.3) is 21.8 Å². The Morgan fingerprint density at radius 2 is 1.45 bits per heavy atom. The maximum Gasteiger partial charge on any atom is 0.249 e. The van der Waals surface area contributed by atoms with Crippen molar-refractivity contribution in [1.82, 2.24) is 4.57 Å². The molecule has 4 aromatic rings. The van der Waals surface area contributed by atoms with E-state index >= 15 is 0 Å². The largest absolute Gasteiger partial charge is 0.366 e. The predicted octanol–water partition coefficient (Wildman–Crippen LogP) is 4.78. The van der Waals surface area contributed by atoms with Crippen molar-refractivity contribution in [3.05, 3.63) is 82.4 Å². The molecule has 0 aliphatic rings. The van der Waals surface area contributed by atoms with Crippen molar-refractivity contribution < 1.29 is 31.1 Å². The molecule has 0 aliphatic carbocycles. The standard InChI is InChI=1S/C20H10F6N2O/c21-8-4-5-9-13(6-8)28(12-3-1-2-10(14(9)12)20(27)29)7-11-15(22)17(24)19(26)18(25)16(11)23/h1-6H,7H2,(H2,27,29). The van der Waals surface area contributed by atoms with Crippen LogP contribution >= 0.6 is 0 Å². The summed E-state index contributed by atoms with van der Waals surface area (Å²) in [7, 11) is 0. The van der Waals surface area contributed by atoms with Crippen LogP contribution in [0.2, 0.25) is 0 Å². The summed E-state index contributed by atoms with van der Waals surface area (Å²) >= 11 is 0. The number of halogens is 6. The molecule has 3 aromatic carbocycles. The number of aromatic nitrogens is 1. The van der Waals surface area contributed by atoms with Crippen LogP contribution in [0.1, 0.15) is 15.9 Å². The molecule has 0 saturated carbocycles.